The van der Waals surface area contributed by atoms with E-state index < -0.39 is 24.2 Å². The molecule has 1 aliphatic heterocycles. The monoisotopic (exact) mass is 550 g/mol. The lowest BCUT2D eigenvalue weighted by atomic mass is 9.84. The van der Waals surface area contributed by atoms with Gasteiger partial charge in [0.2, 0.25) is 5.78 Å². The van der Waals surface area contributed by atoms with Gasteiger partial charge in [0.15, 0.2) is 6.29 Å². The Bertz CT molecular complexity index is 900. The first-order valence-electron chi connectivity index (χ1n) is 14.7. The molecule has 1 heterocycles. The number of rotatable bonds is 18. The van der Waals surface area contributed by atoms with Crippen LogP contribution < -0.4 is 0 Å². The number of halogens is 2. The van der Waals surface area contributed by atoms with Gasteiger partial charge in [-0.2, -0.15) is 8.78 Å². The molecule has 1 saturated heterocycles. The standard InChI is InChI=1S/C31H44F2O6/c1-2-3-19-31(32,33)28(35)18-17-25-24(26(34)21-27(25)39-30-16-11-20-37-30)14-9-4-5-10-15-29(36)38-22-23-12-7-6-8-13-23/h6-8,12-13,24-25,27,30H,2-5,9-11,14-22H2,1H3/t24-,25-,27-,30?/m1/s1. The molecule has 1 aliphatic carbocycles. The van der Waals surface area contributed by atoms with Crippen LogP contribution >= 0.6 is 0 Å². The quantitative estimate of drug-likeness (QED) is 0.145. The molecular weight excluding hydrogens is 506 g/mol. The summed E-state index contributed by atoms with van der Waals surface area (Å²) in [6.07, 6.45) is 5.75. The molecule has 0 radical (unpaired) electrons. The summed E-state index contributed by atoms with van der Waals surface area (Å²) >= 11 is 0. The predicted octanol–water partition coefficient (Wildman–Crippen LogP) is 6.97. The maximum atomic E-state index is 14.3. The molecule has 1 unspecified atom stereocenters. The molecule has 218 valence electrons. The molecule has 1 aromatic carbocycles. The zero-order chi connectivity index (χ0) is 28.1. The Morgan fingerprint density at radius 3 is 2.51 bits per heavy atom. The van der Waals surface area contributed by atoms with Gasteiger partial charge < -0.3 is 14.2 Å². The second-order valence-electron chi connectivity index (χ2n) is 10.9. The van der Waals surface area contributed by atoms with E-state index in [4.69, 9.17) is 14.2 Å². The lowest BCUT2D eigenvalue weighted by Gasteiger charge is -2.26. The van der Waals surface area contributed by atoms with Crippen molar-refractivity contribution in [3.8, 4) is 0 Å². The first kappa shape index (κ1) is 31.3. The Labute approximate surface area is 231 Å². The van der Waals surface area contributed by atoms with E-state index in [9.17, 15) is 23.2 Å². The summed E-state index contributed by atoms with van der Waals surface area (Å²) in [6, 6.07) is 9.54. The van der Waals surface area contributed by atoms with Gasteiger partial charge in [0, 0.05) is 44.6 Å². The van der Waals surface area contributed by atoms with Crippen molar-refractivity contribution < 1.29 is 37.4 Å². The molecule has 0 bridgehead atoms. The van der Waals surface area contributed by atoms with Gasteiger partial charge in [-0.05, 0) is 43.6 Å². The highest BCUT2D eigenvalue weighted by atomic mass is 19.3. The van der Waals surface area contributed by atoms with E-state index in [1.807, 2.05) is 37.3 Å². The highest BCUT2D eigenvalue weighted by Gasteiger charge is 2.45. The van der Waals surface area contributed by atoms with Gasteiger partial charge in [-0.1, -0.05) is 62.9 Å². The van der Waals surface area contributed by atoms with Crippen LogP contribution in [0.15, 0.2) is 30.3 Å². The third kappa shape index (κ3) is 10.4. The van der Waals surface area contributed by atoms with Crippen molar-refractivity contribution in [3.63, 3.8) is 0 Å². The van der Waals surface area contributed by atoms with Crippen molar-refractivity contribution >= 4 is 17.5 Å². The van der Waals surface area contributed by atoms with Crippen LogP contribution in [0.5, 0.6) is 0 Å². The molecule has 1 saturated carbocycles. The SMILES string of the molecule is CCCCC(F)(F)C(=O)CC[C@H]1[C@H](OC2CCCO2)CC(=O)[C@@H]1CCCCCCC(=O)OCc1ccccc1. The minimum atomic E-state index is -3.32. The van der Waals surface area contributed by atoms with Crippen LogP contribution in [0.3, 0.4) is 0 Å². The highest BCUT2D eigenvalue weighted by molar-refractivity contribution is 5.86. The summed E-state index contributed by atoms with van der Waals surface area (Å²) in [5.41, 5.74) is 0.954. The zero-order valence-corrected chi connectivity index (χ0v) is 23.2. The average molecular weight is 551 g/mol. The molecular formula is C31H44F2O6. The van der Waals surface area contributed by atoms with E-state index >= 15 is 0 Å². The fourth-order valence-electron chi connectivity index (χ4n) is 5.58. The van der Waals surface area contributed by atoms with Gasteiger partial charge in [-0.15, -0.1) is 0 Å². The highest BCUT2D eigenvalue weighted by Crippen LogP contribution is 2.40. The van der Waals surface area contributed by atoms with E-state index in [-0.39, 0.29) is 55.7 Å². The molecule has 39 heavy (non-hydrogen) atoms. The third-order valence-corrected chi connectivity index (χ3v) is 7.87. The number of ether oxygens (including phenoxy) is 3. The summed E-state index contributed by atoms with van der Waals surface area (Å²) in [5, 5.41) is 0. The fraction of sp³-hybridized carbons (Fsp3) is 0.710. The van der Waals surface area contributed by atoms with E-state index in [0.717, 1.165) is 37.7 Å². The fourth-order valence-corrected chi connectivity index (χ4v) is 5.58. The number of carbonyl (C=O) groups is 3. The Morgan fingerprint density at radius 2 is 1.79 bits per heavy atom. The number of hydrogen-bond acceptors (Lipinski definition) is 6. The van der Waals surface area contributed by atoms with Crippen LogP contribution in [-0.2, 0) is 35.2 Å². The average Bonchev–Trinajstić information content (AvgIpc) is 3.54. The number of benzene rings is 1. The molecule has 0 spiro atoms. The summed E-state index contributed by atoms with van der Waals surface area (Å²) in [4.78, 5) is 37.3. The van der Waals surface area contributed by atoms with Crippen LogP contribution in [-0.4, -0.2) is 42.5 Å². The van der Waals surface area contributed by atoms with Gasteiger partial charge >= 0.3 is 11.9 Å². The van der Waals surface area contributed by atoms with Gasteiger partial charge in [0.1, 0.15) is 12.4 Å². The third-order valence-electron chi connectivity index (χ3n) is 7.87. The lowest BCUT2D eigenvalue weighted by molar-refractivity contribution is -0.157. The van der Waals surface area contributed by atoms with Crippen LogP contribution in [0.2, 0.25) is 0 Å². The molecule has 0 aromatic heterocycles. The van der Waals surface area contributed by atoms with Gasteiger partial charge in [-0.3, -0.25) is 14.4 Å². The van der Waals surface area contributed by atoms with Crippen molar-refractivity contribution in [2.45, 2.75) is 122 Å². The Morgan fingerprint density at radius 1 is 1.03 bits per heavy atom. The van der Waals surface area contributed by atoms with Gasteiger partial charge in [0.05, 0.1) is 6.10 Å². The number of Topliss-reactive ketones (excluding diaryl/α,β-unsaturated/α-hetero) is 2. The maximum Gasteiger partial charge on any atom is 0.306 e. The molecule has 0 amide bonds. The normalized spacial score (nSPS) is 23.3. The summed E-state index contributed by atoms with van der Waals surface area (Å²) < 4.78 is 45.6. The number of carbonyl (C=O) groups excluding carboxylic acids is 3. The Kier molecular flexibility index (Phi) is 13.0. The lowest BCUT2D eigenvalue weighted by Crippen LogP contribution is -2.32. The van der Waals surface area contributed by atoms with Crippen molar-refractivity contribution in [3.05, 3.63) is 35.9 Å². The predicted molar refractivity (Wildman–Crippen MR) is 143 cm³/mol. The van der Waals surface area contributed by atoms with Crippen molar-refractivity contribution in [2.24, 2.45) is 11.8 Å². The number of esters is 1. The van der Waals surface area contributed by atoms with Crippen LogP contribution in [0, 0.1) is 11.8 Å². The Balaban J connectivity index is 1.43. The molecule has 2 aliphatic rings. The van der Waals surface area contributed by atoms with Crippen molar-refractivity contribution in [1.82, 2.24) is 0 Å². The molecule has 8 heteroatoms. The summed E-state index contributed by atoms with van der Waals surface area (Å²) in [7, 11) is 0. The van der Waals surface area contributed by atoms with E-state index in [1.54, 1.807) is 0 Å². The smallest absolute Gasteiger partial charge is 0.306 e. The second-order valence-corrected chi connectivity index (χ2v) is 10.9. The van der Waals surface area contributed by atoms with Gasteiger partial charge in [-0.25, -0.2) is 0 Å². The number of alkyl halides is 2. The maximum absolute atomic E-state index is 14.3. The van der Waals surface area contributed by atoms with Crippen LogP contribution in [0.1, 0.15) is 102 Å². The van der Waals surface area contributed by atoms with Gasteiger partial charge in [0.25, 0.3) is 0 Å². The first-order chi connectivity index (χ1) is 18.8. The molecule has 6 nitrogen and oxygen atoms in total. The Hall–Kier alpha value is -2.19. The zero-order valence-electron chi connectivity index (χ0n) is 23.2. The molecule has 3 rings (SSSR count). The summed E-state index contributed by atoms with van der Waals surface area (Å²) in [6.45, 7) is 2.70. The van der Waals surface area contributed by atoms with Crippen molar-refractivity contribution in [2.75, 3.05) is 6.61 Å². The molecule has 0 N–H and O–H groups in total. The van der Waals surface area contributed by atoms with E-state index in [0.29, 0.717) is 38.7 Å². The van der Waals surface area contributed by atoms with E-state index in [2.05, 4.69) is 0 Å². The van der Waals surface area contributed by atoms with Crippen molar-refractivity contribution in [1.29, 1.82) is 0 Å². The number of unbranched alkanes of at least 4 members (excludes halogenated alkanes) is 4. The van der Waals surface area contributed by atoms with Crippen LogP contribution in [0.25, 0.3) is 0 Å². The molecule has 4 atom stereocenters. The first-order valence-corrected chi connectivity index (χ1v) is 14.7. The summed E-state index contributed by atoms with van der Waals surface area (Å²) in [5.74, 6) is -5.06. The molecule has 2 fully saturated rings. The minimum Gasteiger partial charge on any atom is -0.461 e. The largest absolute Gasteiger partial charge is 0.461 e. The minimum absolute atomic E-state index is 0.0812. The van der Waals surface area contributed by atoms with Crippen LogP contribution in [0.4, 0.5) is 8.78 Å². The topological polar surface area (TPSA) is 78.9 Å². The van der Waals surface area contributed by atoms with E-state index in [1.165, 1.54) is 0 Å². The number of hydrogen-bond donors (Lipinski definition) is 0. The molecule has 1 aromatic rings. The number of ketones is 2. The second kappa shape index (κ2) is 16.2.